The average molecular weight is 523 g/mol. The second kappa shape index (κ2) is 9.91. The zero-order chi connectivity index (χ0) is 26.2. The number of aromatic nitrogens is 4. The lowest BCUT2D eigenvalue weighted by molar-refractivity contribution is -0.116. The summed E-state index contributed by atoms with van der Waals surface area (Å²) in [6, 6.07) is 17.4. The SMILES string of the molecule is O=C1Nc2ccccc2C(c2ccccc2)=NC1Nc1nnc(-c2cnc(C3CC3)nc2N2CCOCC2)o1. The first-order chi connectivity index (χ1) is 19.2. The largest absolute Gasteiger partial charge is 0.403 e. The van der Waals surface area contributed by atoms with Crippen LogP contribution in [0.1, 0.15) is 35.7 Å². The third-order valence-corrected chi connectivity index (χ3v) is 6.95. The number of nitrogens with zero attached hydrogens (tertiary/aromatic N) is 6. The third-order valence-electron chi connectivity index (χ3n) is 6.95. The Kier molecular flexibility index (Phi) is 5.97. The van der Waals surface area contributed by atoms with Crippen molar-refractivity contribution < 1.29 is 13.9 Å². The number of nitrogens with one attached hydrogen (secondary N) is 2. The number of hydrogen-bond acceptors (Lipinski definition) is 10. The van der Waals surface area contributed by atoms with Crippen molar-refractivity contribution in [3.8, 4) is 11.5 Å². The van der Waals surface area contributed by atoms with Gasteiger partial charge < -0.3 is 24.7 Å². The average Bonchev–Trinajstić information content (AvgIpc) is 3.76. The number of aliphatic imine (C=N–C) groups is 1. The van der Waals surface area contributed by atoms with E-state index in [0.717, 1.165) is 35.6 Å². The monoisotopic (exact) mass is 522 g/mol. The molecule has 11 heteroatoms. The van der Waals surface area contributed by atoms with Gasteiger partial charge in [-0.2, -0.15) is 0 Å². The first-order valence-corrected chi connectivity index (χ1v) is 13.1. The van der Waals surface area contributed by atoms with Gasteiger partial charge in [0.2, 0.25) is 6.17 Å². The van der Waals surface area contributed by atoms with Gasteiger partial charge >= 0.3 is 6.01 Å². The summed E-state index contributed by atoms with van der Waals surface area (Å²) < 4.78 is 11.5. The molecular formula is C28H26N8O3. The first kappa shape index (κ1) is 23.5. The molecule has 2 fully saturated rings. The minimum Gasteiger partial charge on any atom is -0.403 e. The molecule has 1 amide bonds. The highest BCUT2D eigenvalue weighted by atomic mass is 16.5. The number of benzene rings is 2. The van der Waals surface area contributed by atoms with Gasteiger partial charge in [-0.3, -0.25) is 4.79 Å². The van der Waals surface area contributed by atoms with Crippen LogP contribution >= 0.6 is 0 Å². The highest BCUT2D eigenvalue weighted by Gasteiger charge is 2.31. The zero-order valence-electron chi connectivity index (χ0n) is 21.1. The molecule has 7 rings (SSSR count). The van der Waals surface area contributed by atoms with E-state index in [0.29, 0.717) is 49.2 Å². The van der Waals surface area contributed by atoms with E-state index >= 15 is 0 Å². The van der Waals surface area contributed by atoms with Crippen molar-refractivity contribution >= 4 is 29.1 Å². The van der Waals surface area contributed by atoms with Crippen LogP contribution in [0.5, 0.6) is 0 Å². The van der Waals surface area contributed by atoms with Gasteiger partial charge in [0.05, 0.1) is 30.2 Å². The molecule has 1 atom stereocenters. The fourth-order valence-corrected chi connectivity index (χ4v) is 4.78. The normalized spacial score (nSPS) is 19.1. The molecule has 2 aromatic carbocycles. The van der Waals surface area contributed by atoms with Crippen LogP contribution in [0, 0.1) is 0 Å². The number of morpholine rings is 1. The molecule has 11 nitrogen and oxygen atoms in total. The number of hydrogen-bond donors (Lipinski definition) is 2. The molecule has 0 spiro atoms. The molecule has 0 radical (unpaired) electrons. The van der Waals surface area contributed by atoms with Crippen LogP contribution in [0.4, 0.5) is 17.5 Å². The fourth-order valence-electron chi connectivity index (χ4n) is 4.78. The van der Waals surface area contributed by atoms with Crippen LogP contribution in [-0.2, 0) is 9.53 Å². The van der Waals surface area contributed by atoms with Gasteiger partial charge in [-0.25, -0.2) is 15.0 Å². The van der Waals surface area contributed by atoms with Gasteiger partial charge in [0.1, 0.15) is 11.6 Å². The Morgan fingerprint density at radius 1 is 0.949 bits per heavy atom. The Morgan fingerprint density at radius 3 is 2.56 bits per heavy atom. The first-order valence-electron chi connectivity index (χ1n) is 13.1. The number of ether oxygens (including phenoxy) is 1. The Labute approximate surface area is 224 Å². The lowest BCUT2D eigenvalue weighted by Crippen LogP contribution is -2.37. The van der Waals surface area contributed by atoms with Gasteiger partial charge in [-0.1, -0.05) is 53.6 Å². The molecule has 1 aliphatic carbocycles. The number of amides is 1. The minimum atomic E-state index is -0.992. The number of anilines is 3. The van der Waals surface area contributed by atoms with Gasteiger partial charge in [-0.15, -0.1) is 5.10 Å². The Hall–Kier alpha value is -4.64. The molecule has 196 valence electrons. The molecule has 39 heavy (non-hydrogen) atoms. The van der Waals surface area contributed by atoms with E-state index in [1.165, 1.54) is 0 Å². The van der Waals surface area contributed by atoms with Gasteiger partial charge in [0.15, 0.2) is 0 Å². The van der Waals surface area contributed by atoms with Gasteiger partial charge in [0, 0.05) is 36.3 Å². The van der Waals surface area contributed by atoms with Crippen LogP contribution in [0.2, 0.25) is 0 Å². The van der Waals surface area contributed by atoms with Crippen molar-refractivity contribution in [3.05, 3.63) is 77.7 Å². The lowest BCUT2D eigenvalue weighted by atomic mass is 10.0. The maximum absolute atomic E-state index is 13.2. The van der Waals surface area contributed by atoms with Crippen molar-refractivity contribution in [2.45, 2.75) is 24.9 Å². The molecule has 3 aliphatic rings. The second-order valence-corrected chi connectivity index (χ2v) is 9.68. The third kappa shape index (κ3) is 4.72. The van der Waals surface area contributed by atoms with E-state index in [-0.39, 0.29) is 17.8 Å². The summed E-state index contributed by atoms with van der Waals surface area (Å²) in [4.78, 5) is 29.6. The molecule has 1 saturated heterocycles. The number of rotatable bonds is 6. The number of carbonyl (C=O) groups is 1. The molecule has 4 heterocycles. The second-order valence-electron chi connectivity index (χ2n) is 9.68. The standard InChI is InChI=1S/C28H26N8O3/c37-26-24(31-22(17-6-2-1-3-7-17)19-8-4-5-9-21(19)30-26)33-28-35-34-27(39-28)20-16-29-23(18-10-11-18)32-25(20)36-12-14-38-15-13-36/h1-9,16,18,24H,10-15H2,(H,30,37)(H,33,35). The van der Waals surface area contributed by atoms with Crippen molar-refractivity contribution in [2.75, 3.05) is 41.8 Å². The number of para-hydroxylation sites is 1. The molecule has 4 aromatic rings. The summed E-state index contributed by atoms with van der Waals surface area (Å²) in [6.07, 6.45) is 2.97. The molecule has 1 unspecified atom stereocenters. The van der Waals surface area contributed by atoms with E-state index in [1.807, 2.05) is 54.6 Å². The topological polar surface area (TPSA) is 131 Å². The zero-order valence-corrected chi connectivity index (χ0v) is 21.1. The summed E-state index contributed by atoms with van der Waals surface area (Å²) in [6.45, 7) is 2.68. The predicted octanol–water partition coefficient (Wildman–Crippen LogP) is 3.47. The van der Waals surface area contributed by atoms with Crippen LogP contribution in [0.3, 0.4) is 0 Å². The van der Waals surface area contributed by atoms with Crippen molar-refractivity contribution in [3.63, 3.8) is 0 Å². The molecule has 0 bridgehead atoms. The van der Waals surface area contributed by atoms with Crippen LogP contribution in [0.25, 0.3) is 11.5 Å². The van der Waals surface area contributed by atoms with Crippen molar-refractivity contribution in [2.24, 2.45) is 4.99 Å². The van der Waals surface area contributed by atoms with E-state index in [4.69, 9.17) is 19.1 Å². The molecule has 2 N–H and O–H groups in total. The molecule has 1 saturated carbocycles. The Balaban J connectivity index is 1.21. The van der Waals surface area contributed by atoms with E-state index in [1.54, 1.807) is 6.20 Å². The highest BCUT2D eigenvalue weighted by Crippen LogP contribution is 2.40. The Morgan fingerprint density at radius 2 is 1.74 bits per heavy atom. The number of carbonyl (C=O) groups excluding carboxylic acids is 1. The highest BCUT2D eigenvalue weighted by molar-refractivity contribution is 6.19. The predicted molar refractivity (Wildman–Crippen MR) is 145 cm³/mol. The summed E-state index contributed by atoms with van der Waals surface area (Å²) in [5.74, 6) is 1.95. The summed E-state index contributed by atoms with van der Waals surface area (Å²) in [7, 11) is 0. The van der Waals surface area contributed by atoms with Gasteiger partial charge in [-0.05, 0) is 18.9 Å². The smallest absolute Gasteiger partial charge is 0.317 e. The quantitative estimate of drug-likeness (QED) is 0.391. The van der Waals surface area contributed by atoms with Crippen molar-refractivity contribution in [1.29, 1.82) is 0 Å². The summed E-state index contributed by atoms with van der Waals surface area (Å²) in [5, 5.41) is 14.4. The molecule has 2 aromatic heterocycles. The van der Waals surface area contributed by atoms with Crippen molar-refractivity contribution in [1.82, 2.24) is 20.2 Å². The van der Waals surface area contributed by atoms with Crippen LogP contribution in [-0.4, -0.2) is 64.3 Å². The Bertz CT molecular complexity index is 1540. The summed E-state index contributed by atoms with van der Waals surface area (Å²) >= 11 is 0. The van der Waals surface area contributed by atoms with Gasteiger partial charge in [0.25, 0.3) is 11.8 Å². The molecular weight excluding hydrogens is 496 g/mol. The van der Waals surface area contributed by atoms with E-state index in [2.05, 4.69) is 30.7 Å². The van der Waals surface area contributed by atoms with E-state index in [9.17, 15) is 4.79 Å². The maximum atomic E-state index is 13.2. The number of fused-ring (bicyclic) bond motifs is 1. The van der Waals surface area contributed by atoms with E-state index < -0.39 is 6.17 Å². The fraction of sp³-hybridized carbons (Fsp3) is 0.286. The van der Waals surface area contributed by atoms with Crippen LogP contribution in [0.15, 0.2) is 70.2 Å². The number of benzodiazepines with no additional fused rings is 1. The lowest BCUT2D eigenvalue weighted by Gasteiger charge is -2.29. The minimum absolute atomic E-state index is 0.0754. The molecule has 2 aliphatic heterocycles. The van der Waals surface area contributed by atoms with Crippen LogP contribution < -0.4 is 15.5 Å². The maximum Gasteiger partial charge on any atom is 0.317 e. The summed E-state index contributed by atoms with van der Waals surface area (Å²) in [5.41, 5.74) is 3.73.